The van der Waals surface area contributed by atoms with Crippen LogP contribution in [0.25, 0.3) is 0 Å². The second kappa shape index (κ2) is 4.67. The fraction of sp³-hybridized carbons (Fsp3) is 0.786. The second-order valence-corrected chi connectivity index (χ2v) is 6.35. The van der Waals surface area contributed by atoms with Gasteiger partial charge in [-0.15, -0.1) is 0 Å². The van der Waals surface area contributed by atoms with Crippen LogP contribution in [0.4, 0.5) is 0 Å². The Balaban J connectivity index is 1.79. The van der Waals surface area contributed by atoms with Crippen molar-refractivity contribution < 1.29 is 4.74 Å². The number of hydrogen-bond donors (Lipinski definition) is 1. The Bertz CT molecular complexity index is 407. The summed E-state index contributed by atoms with van der Waals surface area (Å²) < 4.78 is 8.20. The lowest BCUT2D eigenvalue weighted by atomic mass is 9.92. The molecule has 1 N–H and O–H groups in total. The summed E-state index contributed by atoms with van der Waals surface area (Å²) in [7, 11) is 0. The van der Waals surface area contributed by atoms with Crippen LogP contribution in [0.5, 0.6) is 0 Å². The van der Waals surface area contributed by atoms with Gasteiger partial charge in [0, 0.05) is 19.1 Å². The normalized spacial score (nSPS) is 31.7. The molecule has 2 atom stereocenters. The third-order valence-corrected chi connectivity index (χ3v) is 4.29. The third kappa shape index (κ3) is 2.31. The number of ether oxygens (including phenoxy) is 1. The fourth-order valence-corrected chi connectivity index (χ4v) is 3.26. The van der Waals surface area contributed by atoms with E-state index >= 15 is 0 Å². The number of morpholine rings is 1. The third-order valence-electron chi connectivity index (χ3n) is 4.29. The minimum Gasteiger partial charge on any atom is -0.369 e. The largest absolute Gasteiger partial charge is 0.369 e. The minimum atomic E-state index is 0.171. The zero-order chi connectivity index (χ0) is 12.6. The number of aromatic nitrogens is 2. The van der Waals surface area contributed by atoms with Gasteiger partial charge < -0.3 is 14.6 Å². The SMILES string of the molecule is CC1(C)CCC(n2cncc2C2CNCCO2)C1. The topological polar surface area (TPSA) is 39.1 Å². The average Bonchev–Trinajstić information content (AvgIpc) is 2.96. The minimum absolute atomic E-state index is 0.171. The quantitative estimate of drug-likeness (QED) is 0.874. The number of nitrogens with one attached hydrogen (secondary N) is 1. The molecule has 1 aliphatic carbocycles. The maximum Gasteiger partial charge on any atom is 0.111 e. The molecule has 4 heteroatoms. The summed E-state index contributed by atoms with van der Waals surface area (Å²) in [4.78, 5) is 4.34. The molecule has 2 unspecified atom stereocenters. The van der Waals surface area contributed by atoms with Crippen LogP contribution in [0.3, 0.4) is 0 Å². The highest BCUT2D eigenvalue weighted by molar-refractivity contribution is 5.07. The van der Waals surface area contributed by atoms with E-state index in [1.54, 1.807) is 0 Å². The molecule has 0 bridgehead atoms. The molecule has 4 nitrogen and oxygen atoms in total. The molecule has 1 aromatic heterocycles. The average molecular weight is 249 g/mol. The molecule has 1 saturated carbocycles. The molecular formula is C14H23N3O. The molecule has 1 aliphatic heterocycles. The van der Waals surface area contributed by atoms with Crippen LogP contribution < -0.4 is 5.32 Å². The summed E-state index contributed by atoms with van der Waals surface area (Å²) in [5, 5.41) is 3.39. The second-order valence-electron chi connectivity index (χ2n) is 6.35. The Labute approximate surface area is 109 Å². The van der Waals surface area contributed by atoms with Gasteiger partial charge in [0.1, 0.15) is 6.10 Å². The van der Waals surface area contributed by atoms with Crippen LogP contribution in [-0.2, 0) is 4.74 Å². The van der Waals surface area contributed by atoms with Crippen molar-refractivity contribution in [2.45, 2.75) is 45.3 Å². The van der Waals surface area contributed by atoms with Crippen LogP contribution in [0.1, 0.15) is 50.9 Å². The Hall–Kier alpha value is -0.870. The summed E-state index contributed by atoms with van der Waals surface area (Å²) in [5.74, 6) is 0. The zero-order valence-corrected chi connectivity index (χ0v) is 11.4. The maximum atomic E-state index is 5.85. The van der Waals surface area contributed by atoms with Crippen molar-refractivity contribution in [1.29, 1.82) is 0 Å². The van der Waals surface area contributed by atoms with E-state index in [9.17, 15) is 0 Å². The molecule has 0 aromatic carbocycles. The molecule has 1 aromatic rings. The van der Waals surface area contributed by atoms with E-state index < -0.39 is 0 Å². The van der Waals surface area contributed by atoms with Gasteiger partial charge in [-0.25, -0.2) is 4.98 Å². The van der Waals surface area contributed by atoms with E-state index in [4.69, 9.17) is 4.74 Å². The van der Waals surface area contributed by atoms with E-state index in [0.29, 0.717) is 11.5 Å². The molecule has 0 amide bonds. The van der Waals surface area contributed by atoms with E-state index in [2.05, 4.69) is 28.7 Å². The summed E-state index contributed by atoms with van der Waals surface area (Å²) in [6.45, 7) is 7.39. The smallest absolute Gasteiger partial charge is 0.111 e. The van der Waals surface area contributed by atoms with E-state index in [1.807, 2.05) is 12.5 Å². The van der Waals surface area contributed by atoms with Crippen molar-refractivity contribution in [3.8, 4) is 0 Å². The van der Waals surface area contributed by atoms with Crippen LogP contribution in [0.15, 0.2) is 12.5 Å². The van der Waals surface area contributed by atoms with Crippen molar-refractivity contribution in [2.75, 3.05) is 19.7 Å². The van der Waals surface area contributed by atoms with E-state index in [-0.39, 0.29) is 6.10 Å². The molecule has 18 heavy (non-hydrogen) atoms. The number of nitrogens with zero attached hydrogens (tertiary/aromatic N) is 2. The maximum absolute atomic E-state index is 5.85. The molecule has 1 saturated heterocycles. The summed E-state index contributed by atoms with van der Waals surface area (Å²) >= 11 is 0. The van der Waals surface area contributed by atoms with Gasteiger partial charge in [-0.1, -0.05) is 13.8 Å². The lowest BCUT2D eigenvalue weighted by Crippen LogP contribution is -2.34. The molecule has 3 rings (SSSR count). The van der Waals surface area contributed by atoms with Crippen molar-refractivity contribution in [2.24, 2.45) is 5.41 Å². The Morgan fingerprint density at radius 2 is 2.39 bits per heavy atom. The highest BCUT2D eigenvalue weighted by atomic mass is 16.5. The van der Waals surface area contributed by atoms with Gasteiger partial charge in [0.25, 0.3) is 0 Å². The first kappa shape index (κ1) is 12.2. The first-order chi connectivity index (χ1) is 8.66. The molecule has 2 aliphatic rings. The predicted molar refractivity (Wildman–Crippen MR) is 70.5 cm³/mol. The standard InChI is InChI=1S/C14H23N3O/c1-14(2)4-3-11(7-14)17-10-16-8-12(17)13-9-15-5-6-18-13/h8,10-11,13,15H,3-7,9H2,1-2H3. The Morgan fingerprint density at radius 1 is 1.50 bits per heavy atom. The van der Waals surface area contributed by atoms with Crippen LogP contribution in [0, 0.1) is 5.41 Å². The monoisotopic (exact) mass is 249 g/mol. The van der Waals surface area contributed by atoms with Crippen LogP contribution in [-0.4, -0.2) is 29.2 Å². The summed E-state index contributed by atoms with van der Waals surface area (Å²) in [6.07, 6.45) is 7.94. The molecule has 2 heterocycles. The Kier molecular flexibility index (Phi) is 3.16. The number of hydrogen-bond acceptors (Lipinski definition) is 3. The van der Waals surface area contributed by atoms with Gasteiger partial charge in [0.05, 0.1) is 24.8 Å². The van der Waals surface area contributed by atoms with Crippen molar-refractivity contribution in [3.05, 3.63) is 18.2 Å². The van der Waals surface area contributed by atoms with Gasteiger partial charge in [0.2, 0.25) is 0 Å². The van der Waals surface area contributed by atoms with Gasteiger partial charge in [-0.05, 0) is 24.7 Å². The molecule has 2 fully saturated rings. The highest BCUT2D eigenvalue weighted by Crippen LogP contribution is 2.44. The van der Waals surface area contributed by atoms with Crippen LogP contribution in [0.2, 0.25) is 0 Å². The van der Waals surface area contributed by atoms with Crippen molar-refractivity contribution >= 4 is 0 Å². The summed E-state index contributed by atoms with van der Waals surface area (Å²) in [5.41, 5.74) is 1.71. The molecular weight excluding hydrogens is 226 g/mol. The Morgan fingerprint density at radius 3 is 3.06 bits per heavy atom. The number of imidazole rings is 1. The van der Waals surface area contributed by atoms with E-state index in [0.717, 1.165) is 19.7 Å². The van der Waals surface area contributed by atoms with Crippen molar-refractivity contribution in [1.82, 2.24) is 14.9 Å². The van der Waals surface area contributed by atoms with Gasteiger partial charge in [-0.3, -0.25) is 0 Å². The van der Waals surface area contributed by atoms with Crippen LogP contribution >= 0.6 is 0 Å². The van der Waals surface area contributed by atoms with Gasteiger partial charge in [-0.2, -0.15) is 0 Å². The van der Waals surface area contributed by atoms with E-state index in [1.165, 1.54) is 25.0 Å². The van der Waals surface area contributed by atoms with Crippen molar-refractivity contribution in [3.63, 3.8) is 0 Å². The zero-order valence-electron chi connectivity index (χ0n) is 11.4. The molecule has 100 valence electrons. The van der Waals surface area contributed by atoms with Gasteiger partial charge >= 0.3 is 0 Å². The molecule has 0 radical (unpaired) electrons. The lowest BCUT2D eigenvalue weighted by Gasteiger charge is -2.27. The molecule has 0 spiro atoms. The number of rotatable bonds is 2. The first-order valence-electron chi connectivity index (χ1n) is 7.00. The lowest BCUT2D eigenvalue weighted by molar-refractivity contribution is 0.0218. The highest BCUT2D eigenvalue weighted by Gasteiger charge is 2.33. The summed E-state index contributed by atoms with van der Waals surface area (Å²) in [6, 6.07) is 0.600. The predicted octanol–water partition coefficient (Wildman–Crippen LogP) is 2.30. The first-order valence-corrected chi connectivity index (χ1v) is 7.00. The van der Waals surface area contributed by atoms with Gasteiger partial charge in [0.15, 0.2) is 0 Å². The fourth-order valence-electron chi connectivity index (χ4n) is 3.26.